The van der Waals surface area contributed by atoms with Crippen LogP contribution >= 0.6 is 11.6 Å². The molecule has 2 rings (SSSR count). The van der Waals surface area contributed by atoms with Gasteiger partial charge in [0.15, 0.2) is 0 Å². The standard InChI is InChI=1S/C12H13ClFNO3S/c1-8-2-3-11(10(13)4-8)15-6-9(5-12(15)16)7-19(14,17)18/h2-4,9H,5-7H2,1H3. The van der Waals surface area contributed by atoms with E-state index in [4.69, 9.17) is 11.6 Å². The van der Waals surface area contributed by atoms with Crippen molar-refractivity contribution in [2.75, 3.05) is 17.2 Å². The van der Waals surface area contributed by atoms with Crippen molar-refractivity contribution in [3.05, 3.63) is 28.8 Å². The lowest BCUT2D eigenvalue weighted by atomic mass is 10.1. The van der Waals surface area contributed by atoms with Gasteiger partial charge >= 0.3 is 10.2 Å². The highest BCUT2D eigenvalue weighted by molar-refractivity contribution is 7.86. The van der Waals surface area contributed by atoms with Crippen LogP contribution in [0.5, 0.6) is 0 Å². The monoisotopic (exact) mass is 305 g/mol. The molecule has 0 aromatic heterocycles. The Kier molecular flexibility index (Phi) is 3.82. The molecule has 1 fully saturated rings. The van der Waals surface area contributed by atoms with Gasteiger partial charge < -0.3 is 4.90 Å². The maximum Gasteiger partial charge on any atom is 0.302 e. The number of aryl methyl sites for hydroxylation is 1. The van der Waals surface area contributed by atoms with E-state index in [2.05, 4.69) is 0 Å². The van der Waals surface area contributed by atoms with Crippen LogP contribution in [0.15, 0.2) is 18.2 Å². The fraction of sp³-hybridized carbons (Fsp3) is 0.417. The number of carbonyl (C=O) groups is 1. The Bertz CT molecular complexity index is 617. The first-order valence-corrected chi connectivity index (χ1v) is 7.68. The Morgan fingerprint density at radius 1 is 1.47 bits per heavy atom. The molecule has 1 atom stereocenters. The average molecular weight is 306 g/mol. The van der Waals surface area contributed by atoms with Gasteiger partial charge in [-0.2, -0.15) is 8.42 Å². The maximum absolute atomic E-state index is 12.6. The maximum atomic E-state index is 12.6. The summed E-state index contributed by atoms with van der Waals surface area (Å²) in [6.07, 6.45) is 0.0212. The topological polar surface area (TPSA) is 54.5 Å². The van der Waals surface area contributed by atoms with Crippen LogP contribution in [-0.4, -0.2) is 26.6 Å². The Hall–Kier alpha value is -1.14. The Morgan fingerprint density at radius 2 is 2.16 bits per heavy atom. The minimum absolute atomic E-state index is 0.0212. The number of benzene rings is 1. The first kappa shape index (κ1) is 14.3. The summed E-state index contributed by atoms with van der Waals surface area (Å²) in [5.74, 6) is -1.39. The fourth-order valence-corrected chi connectivity index (χ4v) is 3.36. The molecule has 1 aromatic rings. The SMILES string of the molecule is Cc1ccc(N2CC(CS(=O)(=O)F)CC2=O)c(Cl)c1. The zero-order chi connectivity index (χ0) is 14.2. The minimum Gasteiger partial charge on any atom is -0.311 e. The number of halogens is 2. The molecule has 1 aliphatic rings. The van der Waals surface area contributed by atoms with Crippen molar-refractivity contribution in [2.24, 2.45) is 5.92 Å². The summed E-state index contributed by atoms with van der Waals surface area (Å²) in [5, 5.41) is 0.428. The first-order chi connectivity index (χ1) is 8.76. The molecule has 19 heavy (non-hydrogen) atoms. The normalized spacial score (nSPS) is 20.1. The molecule has 7 heteroatoms. The van der Waals surface area contributed by atoms with Gasteiger partial charge in [0.05, 0.1) is 16.5 Å². The highest BCUT2D eigenvalue weighted by Gasteiger charge is 2.34. The van der Waals surface area contributed by atoms with Crippen LogP contribution in [-0.2, 0) is 15.0 Å². The van der Waals surface area contributed by atoms with Gasteiger partial charge in [-0.1, -0.05) is 17.7 Å². The number of nitrogens with zero attached hydrogens (tertiary/aromatic N) is 1. The third-order valence-corrected chi connectivity index (χ3v) is 4.21. The smallest absolute Gasteiger partial charge is 0.302 e. The van der Waals surface area contributed by atoms with Crippen LogP contribution in [0.1, 0.15) is 12.0 Å². The van der Waals surface area contributed by atoms with Crippen LogP contribution in [0.25, 0.3) is 0 Å². The summed E-state index contributed by atoms with van der Waals surface area (Å²) in [7, 11) is -4.57. The van der Waals surface area contributed by atoms with Gasteiger partial charge in [-0.25, -0.2) is 0 Å². The molecule has 1 heterocycles. The second-order valence-electron chi connectivity index (χ2n) is 4.73. The number of hydrogen-bond donors (Lipinski definition) is 0. The molecule has 0 aliphatic carbocycles. The number of amides is 1. The van der Waals surface area contributed by atoms with Crippen molar-refractivity contribution >= 4 is 33.4 Å². The number of hydrogen-bond acceptors (Lipinski definition) is 3. The van der Waals surface area contributed by atoms with Gasteiger partial charge in [-0.3, -0.25) is 4.79 Å². The lowest BCUT2D eigenvalue weighted by Gasteiger charge is -2.18. The van der Waals surface area contributed by atoms with Crippen molar-refractivity contribution in [2.45, 2.75) is 13.3 Å². The third-order valence-electron chi connectivity index (χ3n) is 3.03. The van der Waals surface area contributed by atoms with Gasteiger partial charge in [0.1, 0.15) is 0 Å². The summed E-state index contributed by atoms with van der Waals surface area (Å²) in [6, 6.07) is 5.25. The van der Waals surface area contributed by atoms with Crippen molar-refractivity contribution in [1.82, 2.24) is 0 Å². The molecule has 1 unspecified atom stereocenters. The Labute approximate surface area is 116 Å². The molecule has 1 aromatic carbocycles. The van der Waals surface area contributed by atoms with E-state index in [0.717, 1.165) is 5.56 Å². The average Bonchev–Trinajstić information content (AvgIpc) is 2.56. The van der Waals surface area contributed by atoms with Gasteiger partial charge in [0.2, 0.25) is 5.91 Å². The number of anilines is 1. The molecule has 1 amide bonds. The van der Waals surface area contributed by atoms with Crippen LogP contribution in [0, 0.1) is 12.8 Å². The zero-order valence-corrected chi connectivity index (χ0v) is 11.8. The predicted octanol–water partition coefficient (Wildman–Crippen LogP) is 2.30. The first-order valence-electron chi connectivity index (χ1n) is 5.75. The minimum atomic E-state index is -4.57. The highest BCUT2D eigenvalue weighted by Crippen LogP contribution is 2.32. The van der Waals surface area contributed by atoms with Gasteiger partial charge in [0.25, 0.3) is 0 Å². The van der Waals surface area contributed by atoms with Crippen LogP contribution in [0.4, 0.5) is 9.57 Å². The second kappa shape index (κ2) is 5.09. The summed E-state index contributed by atoms with van der Waals surface area (Å²) < 4.78 is 33.9. The highest BCUT2D eigenvalue weighted by atomic mass is 35.5. The van der Waals surface area contributed by atoms with Crippen LogP contribution in [0.2, 0.25) is 5.02 Å². The quantitative estimate of drug-likeness (QED) is 0.805. The van der Waals surface area contributed by atoms with Crippen molar-refractivity contribution in [3.8, 4) is 0 Å². The molecule has 0 radical (unpaired) electrons. The molecule has 1 aliphatic heterocycles. The summed E-state index contributed by atoms with van der Waals surface area (Å²) in [5.41, 5.74) is 1.50. The Balaban J connectivity index is 2.20. The zero-order valence-electron chi connectivity index (χ0n) is 10.3. The lowest BCUT2D eigenvalue weighted by Crippen LogP contribution is -2.25. The number of carbonyl (C=O) groups excluding carboxylic acids is 1. The van der Waals surface area contributed by atoms with Crippen molar-refractivity contribution in [1.29, 1.82) is 0 Å². The summed E-state index contributed by atoms with van der Waals surface area (Å²) in [6.45, 7) is 2.05. The molecule has 104 valence electrons. The molecule has 0 spiro atoms. The predicted molar refractivity (Wildman–Crippen MR) is 71.5 cm³/mol. The van der Waals surface area contributed by atoms with E-state index in [1.54, 1.807) is 12.1 Å². The van der Waals surface area contributed by atoms with Gasteiger partial charge in [-0.15, -0.1) is 3.89 Å². The van der Waals surface area contributed by atoms with E-state index in [1.807, 2.05) is 13.0 Å². The summed E-state index contributed by atoms with van der Waals surface area (Å²) >= 11 is 6.07. The van der Waals surface area contributed by atoms with E-state index in [-0.39, 0.29) is 18.9 Å². The van der Waals surface area contributed by atoms with E-state index in [9.17, 15) is 17.1 Å². The Morgan fingerprint density at radius 3 is 2.74 bits per heavy atom. The van der Waals surface area contributed by atoms with Crippen molar-refractivity contribution < 1.29 is 17.1 Å². The molecule has 0 saturated carbocycles. The second-order valence-corrected chi connectivity index (χ2v) is 6.55. The lowest BCUT2D eigenvalue weighted by molar-refractivity contribution is -0.117. The van der Waals surface area contributed by atoms with E-state index >= 15 is 0 Å². The molecule has 4 nitrogen and oxygen atoms in total. The number of rotatable bonds is 3. The molecule has 0 N–H and O–H groups in total. The fourth-order valence-electron chi connectivity index (χ4n) is 2.24. The van der Waals surface area contributed by atoms with Crippen molar-refractivity contribution in [3.63, 3.8) is 0 Å². The van der Waals surface area contributed by atoms with E-state index < -0.39 is 21.9 Å². The molecule has 0 bridgehead atoms. The summed E-state index contributed by atoms with van der Waals surface area (Å²) in [4.78, 5) is 13.3. The molecular formula is C12H13ClFNO3S. The van der Waals surface area contributed by atoms with Gasteiger partial charge in [0, 0.05) is 18.9 Å². The molecule has 1 saturated heterocycles. The van der Waals surface area contributed by atoms with Crippen LogP contribution < -0.4 is 4.90 Å². The van der Waals surface area contributed by atoms with Crippen LogP contribution in [0.3, 0.4) is 0 Å². The van der Waals surface area contributed by atoms with E-state index in [1.165, 1.54) is 4.90 Å². The third kappa shape index (κ3) is 3.45. The van der Waals surface area contributed by atoms with Gasteiger partial charge in [-0.05, 0) is 24.6 Å². The largest absolute Gasteiger partial charge is 0.311 e. The van der Waals surface area contributed by atoms with E-state index in [0.29, 0.717) is 10.7 Å². The molecular weight excluding hydrogens is 293 g/mol.